The molecule has 7 nitrogen and oxygen atoms in total. The largest absolute Gasteiger partial charge is 0.464 e. The molecule has 1 aliphatic rings. The minimum absolute atomic E-state index is 0.220. The number of fused-ring (bicyclic) bond motifs is 1. The molecule has 21 heavy (non-hydrogen) atoms. The van der Waals surface area contributed by atoms with Crippen LogP contribution in [0.15, 0.2) is 18.2 Å². The van der Waals surface area contributed by atoms with E-state index in [-0.39, 0.29) is 12.2 Å². The summed E-state index contributed by atoms with van der Waals surface area (Å²) in [6, 6.07) is 5.01. The number of sulfone groups is 1. The minimum Gasteiger partial charge on any atom is -0.464 e. The van der Waals surface area contributed by atoms with Crippen LogP contribution in [0.5, 0.6) is 0 Å². The lowest BCUT2D eigenvalue weighted by Gasteiger charge is -2.09. The molecule has 2 aromatic rings. The third kappa shape index (κ3) is 2.39. The first kappa shape index (κ1) is 14.0. The monoisotopic (exact) mass is 309 g/mol. The summed E-state index contributed by atoms with van der Waals surface area (Å²) in [6.07, 6.45) is 1.56. The Balaban J connectivity index is 2.05. The predicted molar refractivity (Wildman–Crippen MR) is 74.8 cm³/mol. The van der Waals surface area contributed by atoms with Crippen LogP contribution in [0.3, 0.4) is 0 Å². The third-order valence-electron chi connectivity index (χ3n) is 3.76. The van der Waals surface area contributed by atoms with Gasteiger partial charge in [-0.25, -0.2) is 13.2 Å². The first-order valence-corrected chi connectivity index (χ1v) is 8.37. The molecule has 0 radical (unpaired) electrons. The Hall–Kier alpha value is -1.96. The van der Waals surface area contributed by atoms with Crippen LogP contribution in [0, 0.1) is 0 Å². The molecule has 0 amide bonds. The average molecular weight is 309 g/mol. The molecule has 3 rings (SSSR count). The maximum Gasteiger partial charge on any atom is 0.355 e. The van der Waals surface area contributed by atoms with Gasteiger partial charge in [0.05, 0.1) is 18.1 Å². The number of aromatic nitrogens is 3. The van der Waals surface area contributed by atoms with E-state index in [0.717, 1.165) is 0 Å². The number of rotatable bonds is 3. The van der Waals surface area contributed by atoms with Crippen LogP contribution in [0.25, 0.3) is 5.65 Å². The van der Waals surface area contributed by atoms with Crippen LogP contribution < -0.4 is 0 Å². The van der Waals surface area contributed by atoms with E-state index in [0.29, 0.717) is 30.0 Å². The van der Waals surface area contributed by atoms with E-state index in [1.165, 1.54) is 7.11 Å². The minimum atomic E-state index is -3.07. The number of ether oxygens (including phenoxy) is 1. The van der Waals surface area contributed by atoms with Crippen molar-refractivity contribution in [1.82, 2.24) is 14.6 Å². The zero-order valence-corrected chi connectivity index (χ0v) is 12.3. The lowest BCUT2D eigenvalue weighted by Crippen LogP contribution is -2.21. The number of nitrogens with zero attached hydrogens (tertiary/aromatic N) is 3. The first-order valence-electron chi connectivity index (χ1n) is 6.66. The molecule has 0 aromatic carbocycles. The van der Waals surface area contributed by atoms with Gasteiger partial charge in [0.25, 0.3) is 0 Å². The van der Waals surface area contributed by atoms with Crippen LogP contribution in [-0.4, -0.2) is 47.1 Å². The highest BCUT2D eigenvalue weighted by Crippen LogP contribution is 2.23. The second kappa shape index (κ2) is 5.10. The van der Waals surface area contributed by atoms with Gasteiger partial charge in [-0.05, 0) is 25.0 Å². The fraction of sp³-hybridized carbons (Fsp3) is 0.462. The number of carbonyl (C=O) groups is 1. The molecule has 8 heteroatoms. The maximum atomic E-state index is 11.9. The van der Waals surface area contributed by atoms with Crippen molar-refractivity contribution in [3.8, 4) is 0 Å². The van der Waals surface area contributed by atoms with Crippen LogP contribution in [0.2, 0.25) is 0 Å². The Morgan fingerprint density at radius 1 is 1.43 bits per heavy atom. The van der Waals surface area contributed by atoms with Crippen LogP contribution in [0.4, 0.5) is 0 Å². The molecule has 0 aliphatic carbocycles. The molecule has 1 saturated heterocycles. The SMILES string of the molecule is COC(=O)c1cccc2nnc(CC3CCCS3(=O)=O)n12. The Kier molecular flexibility index (Phi) is 3.40. The standard InChI is InChI=1S/C13H15N3O4S/c1-20-13(17)10-5-2-6-11-14-15-12(16(10)11)8-9-4-3-7-21(9,18)19/h2,5-6,9H,3-4,7-8H2,1H3. The normalized spacial score (nSPS) is 20.7. The average Bonchev–Trinajstić information content (AvgIpc) is 3.02. The van der Waals surface area contributed by atoms with Gasteiger partial charge in [0, 0.05) is 6.42 Å². The zero-order chi connectivity index (χ0) is 15.0. The third-order valence-corrected chi connectivity index (χ3v) is 6.04. The van der Waals surface area contributed by atoms with Crippen LogP contribution in [-0.2, 0) is 21.0 Å². The summed E-state index contributed by atoms with van der Waals surface area (Å²) in [5.41, 5.74) is 0.800. The number of esters is 1. The van der Waals surface area contributed by atoms with Gasteiger partial charge in [0.2, 0.25) is 0 Å². The van der Waals surface area contributed by atoms with Crippen molar-refractivity contribution >= 4 is 21.5 Å². The molecule has 2 aromatic heterocycles. The summed E-state index contributed by atoms with van der Waals surface area (Å²) in [5.74, 6) is 0.190. The fourth-order valence-electron chi connectivity index (χ4n) is 2.69. The summed E-state index contributed by atoms with van der Waals surface area (Å²) in [6.45, 7) is 0. The smallest absolute Gasteiger partial charge is 0.355 e. The van der Waals surface area contributed by atoms with Crippen LogP contribution in [0.1, 0.15) is 29.2 Å². The molecule has 112 valence electrons. The lowest BCUT2D eigenvalue weighted by molar-refractivity contribution is 0.0592. The van der Waals surface area contributed by atoms with E-state index in [1.54, 1.807) is 22.6 Å². The van der Waals surface area contributed by atoms with E-state index in [4.69, 9.17) is 4.74 Å². The Labute approximate surface area is 121 Å². The summed E-state index contributed by atoms with van der Waals surface area (Å²) >= 11 is 0. The molecule has 1 aliphatic heterocycles. The molecule has 1 atom stereocenters. The molecule has 3 heterocycles. The van der Waals surface area contributed by atoms with E-state index in [9.17, 15) is 13.2 Å². The van der Waals surface area contributed by atoms with E-state index in [1.807, 2.05) is 0 Å². The van der Waals surface area contributed by atoms with Crippen molar-refractivity contribution < 1.29 is 17.9 Å². The van der Waals surface area contributed by atoms with Crippen molar-refractivity contribution in [1.29, 1.82) is 0 Å². The summed E-state index contributed by atoms with van der Waals surface area (Å²) in [4.78, 5) is 11.8. The topological polar surface area (TPSA) is 90.6 Å². The molecular weight excluding hydrogens is 294 g/mol. The van der Waals surface area contributed by atoms with Gasteiger partial charge in [-0.2, -0.15) is 0 Å². The predicted octanol–water partition coefficient (Wildman–Crippen LogP) is 0.636. The number of methoxy groups -OCH3 is 1. The second-order valence-corrected chi connectivity index (χ2v) is 7.45. The highest BCUT2D eigenvalue weighted by Gasteiger charge is 2.33. The number of pyridine rings is 1. The molecule has 0 spiro atoms. The van der Waals surface area contributed by atoms with Gasteiger partial charge in [-0.3, -0.25) is 4.40 Å². The van der Waals surface area contributed by atoms with Gasteiger partial charge in [0.1, 0.15) is 11.5 Å². The highest BCUT2D eigenvalue weighted by atomic mass is 32.2. The second-order valence-electron chi connectivity index (χ2n) is 5.05. The Bertz CT molecular complexity index is 797. The Morgan fingerprint density at radius 3 is 2.90 bits per heavy atom. The molecule has 1 unspecified atom stereocenters. The highest BCUT2D eigenvalue weighted by molar-refractivity contribution is 7.92. The number of hydrogen-bond acceptors (Lipinski definition) is 6. The molecular formula is C13H15N3O4S. The van der Waals surface area contributed by atoms with E-state index >= 15 is 0 Å². The fourth-order valence-corrected chi connectivity index (χ4v) is 4.52. The molecule has 1 fully saturated rings. The van der Waals surface area contributed by atoms with Crippen molar-refractivity contribution in [2.24, 2.45) is 0 Å². The van der Waals surface area contributed by atoms with E-state index in [2.05, 4.69) is 10.2 Å². The van der Waals surface area contributed by atoms with Crippen molar-refractivity contribution in [2.45, 2.75) is 24.5 Å². The lowest BCUT2D eigenvalue weighted by atomic mass is 10.2. The van der Waals surface area contributed by atoms with E-state index < -0.39 is 21.1 Å². The molecule has 0 saturated carbocycles. The summed E-state index contributed by atoms with van der Waals surface area (Å²) < 4.78 is 30.2. The van der Waals surface area contributed by atoms with Gasteiger partial charge in [-0.15, -0.1) is 10.2 Å². The maximum absolute atomic E-state index is 11.9. The Morgan fingerprint density at radius 2 is 2.24 bits per heavy atom. The van der Waals surface area contributed by atoms with Gasteiger partial charge in [-0.1, -0.05) is 6.07 Å². The van der Waals surface area contributed by atoms with Crippen LogP contribution >= 0.6 is 0 Å². The van der Waals surface area contributed by atoms with Gasteiger partial charge < -0.3 is 4.74 Å². The summed E-state index contributed by atoms with van der Waals surface area (Å²) in [5, 5.41) is 7.59. The molecule has 0 N–H and O–H groups in total. The quantitative estimate of drug-likeness (QED) is 0.773. The number of hydrogen-bond donors (Lipinski definition) is 0. The van der Waals surface area contributed by atoms with Crippen molar-refractivity contribution in [2.75, 3.05) is 12.9 Å². The summed E-state index contributed by atoms with van der Waals surface area (Å²) in [7, 11) is -1.77. The molecule has 0 bridgehead atoms. The zero-order valence-electron chi connectivity index (χ0n) is 11.5. The first-order chi connectivity index (χ1) is 10.0. The van der Waals surface area contributed by atoms with Gasteiger partial charge >= 0.3 is 5.97 Å². The van der Waals surface area contributed by atoms with Crippen molar-refractivity contribution in [3.63, 3.8) is 0 Å². The van der Waals surface area contributed by atoms with Gasteiger partial charge in [0.15, 0.2) is 15.5 Å². The van der Waals surface area contributed by atoms with Crippen molar-refractivity contribution in [3.05, 3.63) is 29.7 Å². The number of carbonyl (C=O) groups excluding carboxylic acids is 1.